The zero-order valence-electron chi connectivity index (χ0n) is 11.8. The number of aryl methyl sites for hydroxylation is 1. The number of halogens is 2. The molecule has 8 heteroatoms. The second-order valence-electron chi connectivity index (χ2n) is 4.44. The smallest absolute Gasteiger partial charge is 0.162 e. The Morgan fingerprint density at radius 1 is 1.43 bits per heavy atom. The summed E-state index contributed by atoms with van der Waals surface area (Å²) in [6, 6.07) is 1.61. The minimum atomic E-state index is -0.323. The predicted molar refractivity (Wildman–Crippen MR) is 87.9 cm³/mol. The first-order valence-electron chi connectivity index (χ1n) is 6.49. The SMILES string of the molecule is CCCn1ncc(OC)c1C(NN)c1ncc(Br)cc1Br. The molecular formula is C13H17Br2N5O. The fourth-order valence-corrected chi connectivity index (χ4v) is 3.36. The van der Waals surface area contributed by atoms with Gasteiger partial charge in [-0.15, -0.1) is 0 Å². The summed E-state index contributed by atoms with van der Waals surface area (Å²) in [5.74, 6) is 6.46. The summed E-state index contributed by atoms with van der Waals surface area (Å²) in [6.07, 6.45) is 4.39. The summed E-state index contributed by atoms with van der Waals surface area (Å²) in [7, 11) is 1.62. The molecule has 21 heavy (non-hydrogen) atoms. The van der Waals surface area contributed by atoms with Crippen molar-refractivity contribution < 1.29 is 4.74 Å². The molecule has 1 atom stereocenters. The lowest BCUT2D eigenvalue weighted by molar-refractivity contribution is 0.397. The van der Waals surface area contributed by atoms with E-state index in [-0.39, 0.29) is 6.04 Å². The summed E-state index contributed by atoms with van der Waals surface area (Å²) >= 11 is 6.92. The van der Waals surface area contributed by atoms with Crippen LogP contribution in [0.15, 0.2) is 27.4 Å². The third-order valence-electron chi connectivity index (χ3n) is 3.05. The highest BCUT2D eigenvalue weighted by molar-refractivity contribution is 9.11. The molecule has 3 N–H and O–H groups in total. The van der Waals surface area contributed by atoms with E-state index in [4.69, 9.17) is 10.6 Å². The number of ether oxygens (including phenoxy) is 1. The molecule has 114 valence electrons. The minimum Gasteiger partial charge on any atom is -0.493 e. The van der Waals surface area contributed by atoms with Crippen molar-refractivity contribution in [2.24, 2.45) is 5.84 Å². The number of methoxy groups -OCH3 is 1. The van der Waals surface area contributed by atoms with Gasteiger partial charge in [-0.3, -0.25) is 15.5 Å². The number of pyridine rings is 1. The van der Waals surface area contributed by atoms with Crippen LogP contribution in [0.4, 0.5) is 0 Å². The van der Waals surface area contributed by atoms with Crippen LogP contribution in [-0.4, -0.2) is 21.9 Å². The lowest BCUT2D eigenvalue weighted by atomic mass is 10.1. The van der Waals surface area contributed by atoms with Crippen molar-refractivity contribution in [2.45, 2.75) is 25.9 Å². The van der Waals surface area contributed by atoms with Gasteiger partial charge >= 0.3 is 0 Å². The van der Waals surface area contributed by atoms with Gasteiger partial charge in [0, 0.05) is 21.7 Å². The Morgan fingerprint density at radius 2 is 2.19 bits per heavy atom. The Kier molecular flexibility index (Phi) is 5.74. The van der Waals surface area contributed by atoms with Gasteiger partial charge in [-0.25, -0.2) is 5.43 Å². The molecule has 0 aromatic carbocycles. The number of nitrogens with one attached hydrogen (secondary N) is 1. The van der Waals surface area contributed by atoms with Gasteiger partial charge in [-0.2, -0.15) is 5.10 Å². The fraction of sp³-hybridized carbons (Fsp3) is 0.385. The number of hydrogen-bond acceptors (Lipinski definition) is 5. The van der Waals surface area contributed by atoms with Crippen molar-refractivity contribution in [3.05, 3.63) is 38.8 Å². The number of nitrogens with two attached hydrogens (primary N) is 1. The van der Waals surface area contributed by atoms with Crippen LogP contribution in [0.3, 0.4) is 0 Å². The van der Waals surface area contributed by atoms with Gasteiger partial charge in [-0.1, -0.05) is 6.92 Å². The Bertz CT molecular complexity index is 617. The van der Waals surface area contributed by atoms with E-state index in [9.17, 15) is 0 Å². The van der Waals surface area contributed by atoms with E-state index in [2.05, 4.69) is 54.3 Å². The maximum absolute atomic E-state index is 5.77. The Balaban J connectivity index is 2.52. The highest BCUT2D eigenvalue weighted by Crippen LogP contribution is 2.33. The largest absolute Gasteiger partial charge is 0.493 e. The number of hydrogen-bond donors (Lipinski definition) is 2. The molecule has 2 rings (SSSR count). The summed E-state index contributed by atoms with van der Waals surface area (Å²) in [4.78, 5) is 4.45. The minimum absolute atomic E-state index is 0.323. The monoisotopic (exact) mass is 417 g/mol. The van der Waals surface area contributed by atoms with Gasteiger partial charge in [0.05, 0.1) is 19.0 Å². The Hall–Kier alpha value is -0.960. The lowest BCUT2D eigenvalue weighted by Gasteiger charge is -2.19. The Labute approximate surface area is 140 Å². The highest BCUT2D eigenvalue weighted by atomic mass is 79.9. The van der Waals surface area contributed by atoms with Crippen LogP contribution in [0.2, 0.25) is 0 Å². The van der Waals surface area contributed by atoms with Crippen LogP contribution < -0.4 is 16.0 Å². The van der Waals surface area contributed by atoms with Crippen molar-refractivity contribution >= 4 is 31.9 Å². The molecule has 0 aliphatic heterocycles. The quantitative estimate of drug-likeness (QED) is 0.557. The first kappa shape index (κ1) is 16.4. The molecule has 0 saturated carbocycles. The van der Waals surface area contributed by atoms with E-state index in [0.29, 0.717) is 5.75 Å². The second-order valence-corrected chi connectivity index (χ2v) is 6.21. The van der Waals surface area contributed by atoms with Crippen LogP contribution in [0, 0.1) is 0 Å². The van der Waals surface area contributed by atoms with E-state index in [1.165, 1.54) is 0 Å². The normalized spacial score (nSPS) is 12.4. The lowest BCUT2D eigenvalue weighted by Crippen LogP contribution is -2.32. The van der Waals surface area contributed by atoms with Gasteiger partial charge in [-0.05, 0) is 44.3 Å². The molecule has 2 aromatic heterocycles. The molecule has 0 aliphatic rings. The first-order chi connectivity index (χ1) is 10.1. The maximum atomic E-state index is 5.77. The van der Waals surface area contributed by atoms with Crippen molar-refractivity contribution in [2.75, 3.05) is 7.11 Å². The van der Waals surface area contributed by atoms with E-state index in [1.807, 2.05) is 10.7 Å². The molecule has 0 fully saturated rings. The average Bonchev–Trinajstić information content (AvgIpc) is 2.85. The zero-order valence-corrected chi connectivity index (χ0v) is 15.0. The molecular weight excluding hydrogens is 402 g/mol. The van der Waals surface area contributed by atoms with Gasteiger partial charge in [0.15, 0.2) is 5.75 Å². The standard InChI is InChI=1S/C13H17Br2N5O/c1-3-4-20-13(10(21-2)7-18-20)12(19-16)11-9(15)5-8(14)6-17-11/h5-7,12,19H,3-4,16H2,1-2H3. The molecule has 0 radical (unpaired) electrons. The fourth-order valence-electron chi connectivity index (χ4n) is 2.14. The van der Waals surface area contributed by atoms with Crippen molar-refractivity contribution in [3.63, 3.8) is 0 Å². The Morgan fingerprint density at radius 3 is 2.76 bits per heavy atom. The molecule has 0 amide bonds. The summed E-state index contributed by atoms with van der Waals surface area (Å²) in [5.41, 5.74) is 4.44. The summed E-state index contributed by atoms with van der Waals surface area (Å²) in [5, 5.41) is 4.36. The van der Waals surface area contributed by atoms with Crippen LogP contribution >= 0.6 is 31.9 Å². The third kappa shape index (κ3) is 3.45. The molecule has 2 heterocycles. The predicted octanol–water partition coefficient (Wildman–Crippen LogP) is 2.77. The first-order valence-corrected chi connectivity index (χ1v) is 8.07. The number of hydrazine groups is 1. The number of aromatic nitrogens is 3. The molecule has 1 unspecified atom stereocenters. The van der Waals surface area contributed by atoms with Crippen LogP contribution in [0.5, 0.6) is 5.75 Å². The topological polar surface area (TPSA) is 78.0 Å². The van der Waals surface area contributed by atoms with Gasteiger partial charge < -0.3 is 4.74 Å². The van der Waals surface area contributed by atoms with Crippen LogP contribution in [0.25, 0.3) is 0 Å². The molecule has 2 aromatic rings. The van der Waals surface area contributed by atoms with Crippen molar-refractivity contribution in [3.8, 4) is 5.75 Å². The molecule has 6 nitrogen and oxygen atoms in total. The van der Waals surface area contributed by atoms with Crippen LogP contribution in [0.1, 0.15) is 30.8 Å². The van der Waals surface area contributed by atoms with E-state index >= 15 is 0 Å². The highest BCUT2D eigenvalue weighted by Gasteiger charge is 2.25. The van der Waals surface area contributed by atoms with Crippen molar-refractivity contribution in [1.82, 2.24) is 20.2 Å². The number of rotatable bonds is 6. The van der Waals surface area contributed by atoms with Crippen molar-refractivity contribution in [1.29, 1.82) is 0 Å². The van der Waals surface area contributed by atoms with E-state index < -0.39 is 0 Å². The molecule has 0 spiro atoms. The average molecular weight is 419 g/mol. The zero-order chi connectivity index (χ0) is 15.4. The van der Waals surface area contributed by atoms with Gasteiger partial charge in [0.1, 0.15) is 11.7 Å². The van der Waals surface area contributed by atoms with Gasteiger partial charge in [0.2, 0.25) is 0 Å². The summed E-state index contributed by atoms with van der Waals surface area (Å²) in [6.45, 7) is 2.88. The number of nitrogens with zero attached hydrogens (tertiary/aromatic N) is 3. The van der Waals surface area contributed by atoms with E-state index in [0.717, 1.165) is 33.3 Å². The molecule has 0 aliphatic carbocycles. The molecule has 0 bridgehead atoms. The molecule has 0 saturated heterocycles. The van der Waals surface area contributed by atoms with Crippen LogP contribution in [-0.2, 0) is 6.54 Å². The maximum Gasteiger partial charge on any atom is 0.162 e. The summed E-state index contributed by atoms with van der Waals surface area (Å²) < 4.78 is 9.04. The third-order valence-corrected chi connectivity index (χ3v) is 4.12. The second kappa shape index (κ2) is 7.35. The van der Waals surface area contributed by atoms with E-state index in [1.54, 1.807) is 19.5 Å². The van der Waals surface area contributed by atoms with Gasteiger partial charge in [0.25, 0.3) is 0 Å².